The van der Waals surface area contributed by atoms with Crippen LogP contribution in [0.4, 0.5) is 16.2 Å². The fourth-order valence-electron chi connectivity index (χ4n) is 3.06. The van der Waals surface area contributed by atoms with Gasteiger partial charge >= 0.3 is 6.03 Å². The molecular weight excluding hydrogens is 346 g/mol. The maximum absolute atomic E-state index is 12.1. The van der Waals surface area contributed by atoms with E-state index in [0.29, 0.717) is 36.6 Å². The van der Waals surface area contributed by atoms with Crippen LogP contribution in [0, 0.1) is 0 Å². The molecule has 1 aromatic carbocycles. The Bertz CT molecular complexity index is 731. The molecule has 0 aromatic heterocycles. The number of hydrogen-bond acceptors (Lipinski definition) is 5. The van der Waals surface area contributed by atoms with Crippen LogP contribution < -0.4 is 19.7 Å². The van der Waals surface area contributed by atoms with Gasteiger partial charge in [-0.1, -0.05) is 0 Å². The van der Waals surface area contributed by atoms with Crippen molar-refractivity contribution in [1.29, 1.82) is 0 Å². The molecule has 2 N–H and O–H groups in total. The summed E-state index contributed by atoms with van der Waals surface area (Å²) in [5, 5.41) is 5.49. The fraction of sp³-hybridized carbons (Fsp3) is 0.562. The second-order valence-electron chi connectivity index (χ2n) is 6.10. The third-order valence-electron chi connectivity index (χ3n) is 4.33. The van der Waals surface area contributed by atoms with Gasteiger partial charge in [0.05, 0.1) is 30.3 Å². The van der Waals surface area contributed by atoms with Gasteiger partial charge in [-0.25, -0.2) is 13.2 Å². The van der Waals surface area contributed by atoms with Gasteiger partial charge in [0.2, 0.25) is 10.0 Å². The number of ether oxygens (including phenoxy) is 2. The number of sulfonamides is 1. The molecule has 0 spiro atoms. The Morgan fingerprint density at radius 3 is 2.88 bits per heavy atom. The quantitative estimate of drug-likeness (QED) is 0.820. The maximum atomic E-state index is 12.1. The Kier molecular flexibility index (Phi) is 5.33. The Morgan fingerprint density at radius 2 is 2.24 bits per heavy atom. The summed E-state index contributed by atoms with van der Waals surface area (Å²) in [6.07, 6.45) is 2.59. The molecule has 0 aliphatic carbocycles. The molecule has 138 valence electrons. The van der Waals surface area contributed by atoms with E-state index >= 15 is 0 Å². The van der Waals surface area contributed by atoms with E-state index in [2.05, 4.69) is 10.6 Å². The molecule has 2 amide bonds. The van der Waals surface area contributed by atoms with Crippen molar-refractivity contribution in [2.75, 3.05) is 42.2 Å². The van der Waals surface area contributed by atoms with Gasteiger partial charge in [0, 0.05) is 19.7 Å². The van der Waals surface area contributed by atoms with Gasteiger partial charge < -0.3 is 20.1 Å². The lowest BCUT2D eigenvalue weighted by Gasteiger charge is -2.19. The third-order valence-corrected chi connectivity index (χ3v) is 6.20. The highest BCUT2D eigenvalue weighted by Gasteiger charge is 2.29. The first-order valence-electron chi connectivity index (χ1n) is 8.34. The molecule has 1 aromatic rings. The van der Waals surface area contributed by atoms with E-state index in [1.54, 1.807) is 18.2 Å². The minimum Gasteiger partial charge on any atom is -0.495 e. The highest BCUT2D eigenvalue weighted by molar-refractivity contribution is 7.93. The van der Waals surface area contributed by atoms with Crippen molar-refractivity contribution >= 4 is 27.4 Å². The maximum Gasteiger partial charge on any atom is 0.319 e. The van der Waals surface area contributed by atoms with Gasteiger partial charge in [-0.2, -0.15) is 0 Å². The first-order valence-corrected chi connectivity index (χ1v) is 9.95. The van der Waals surface area contributed by atoms with Gasteiger partial charge in [-0.3, -0.25) is 4.31 Å². The minimum atomic E-state index is -3.28. The van der Waals surface area contributed by atoms with Gasteiger partial charge in [-0.15, -0.1) is 0 Å². The molecular formula is C16H23N3O5S. The average Bonchev–Trinajstić information content (AvgIpc) is 3.22. The van der Waals surface area contributed by atoms with Crippen LogP contribution in [-0.2, 0) is 14.8 Å². The lowest BCUT2D eigenvalue weighted by Crippen LogP contribution is -2.35. The van der Waals surface area contributed by atoms with Crippen LogP contribution in [0.25, 0.3) is 0 Å². The Balaban J connectivity index is 1.70. The van der Waals surface area contributed by atoms with Crippen LogP contribution in [0.2, 0.25) is 0 Å². The number of anilines is 2. The van der Waals surface area contributed by atoms with Crippen LogP contribution >= 0.6 is 0 Å². The van der Waals surface area contributed by atoms with Gasteiger partial charge in [0.25, 0.3) is 0 Å². The molecule has 2 fully saturated rings. The number of rotatable bonds is 5. The molecule has 1 atom stereocenters. The van der Waals surface area contributed by atoms with Crippen molar-refractivity contribution in [1.82, 2.24) is 5.32 Å². The summed E-state index contributed by atoms with van der Waals surface area (Å²) in [6.45, 7) is 1.61. The van der Waals surface area contributed by atoms with E-state index in [4.69, 9.17) is 9.47 Å². The molecule has 0 radical (unpaired) electrons. The Hall–Kier alpha value is -2.00. The number of carbonyl (C=O) groups excluding carboxylic acids is 1. The third kappa shape index (κ3) is 4.16. The summed E-state index contributed by atoms with van der Waals surface area (Å²) in [5.74, 6) is 0.608. The largest absolute Gasteiger partial charge is 0.495 e. The number of urea groups is 1. The number of nitrogens with zero attached hydrogens (tertiary/aromatic N) is 1. The van der Waals surface area contributed by atoms with Crippen molar-refractivity contribution in [2.45, 2.75) is 25.4 Å². The molecule has 25 heavy (non-hydrogen) atoms. The minimum absolute atomic E-state index is 0.0497. The van der Waals surface area contributed by atoms with Crippen LogP contribution in [0.3, 0.4) is 0 Å². The molecule has 9 heteroatoms. The summed E-state index contributed by atoms with van der Waals surface area (Å²) in [6, 6.07) is 4.57. The lowest BCUT2D eigenvalue weighted by molar-refractivity contribution is 0.112. The lowest BCUT2D eigenvalue weighted by atomic mass is 10.2. The number of benzene rings is 1. The molecule has 0 unspecified atom stereocenters. The monoisotopic (exact) mass is 369 g/mol. The van der Waals surface area contributed by atoms with Gasteiger partial charge in [0.15, 0.2) is 0 Å². The number of methoxy groups -OCH3 is 1. The first kappa shape index (κ1) is 17.8. The summed E-state index contributed by atoms with van der Waals surface area (Å²) >= 11 is 0. The van der Waals surface area contributed by atoms with Crippen LogP contribution in [0.1, 0.15) is 19.3 Å². The highest BCUT2D eigenvalue weighted by Crippen LogP contribution is 2.32. The van der Waals surface area contributed by atoms with Crippen molar-refractivity contribution in [3.8, 4) is 5.75 Å². The van der Waals surface area contributed by atoms with Crippen molar-refractivity contribution in [3.63, 3.8) is 0 Å². The summed E-state index contributed by atoms with van der Waals surface area (Å²) < 4.78 is 36.3. The number of amides is 2. The molecule has 3 rings (SSSR count). The van der Waals surface area contributed by atoms with Crippen molar-refractivity contribution in [2.24, 2.45) is 0 Å². The highest BCUT2D eigenvalue weighted by atomic mass is 32.2. The second-order valence-corrected chi connectivity index (χ2v) is 8.11. The number of hydrogen-bond donors (Lipinski definition) is 2. The smallest absolute Gasteiger partial charge is 0.319 e. The molecule has 0 bridgehead atoms. The van der Waals surface area contributed by atoms with Crippen molar-refractivity contribution in [3.05, 3.63) is 18.2 Å². The first-order chi connectivity index (χ1) is 12.0. The Morgan fingerprint density at radius 1 is 1.40 bits per heavy atom. The summed E-state index contributed by atoms with van der Waals surface area (Å²) in [7, 11) is -1.78. The SMILES string of the molecule is COc1ccc(N2CCCS2(=O)=O)cc1NC(=O)NC[C@H]1CCCO1. The fourth-order valence-corrected chi connectivity index (χ4v) is 4.61. The predicted molar refractivity (Wildman–Crippen MR) is 94.7 cm³/mol. The van der Waals surface area contributed by atoms with Crippen LogP contribution in [0.5, 0.6) is 5.75 Å². The van der Waals surface area contributed by atoms with E-state index in [1.807, 2.05) is 0 Å². The predicted octanol–water partition coefficient (Wildman–Crippen LogP) is 1.54. The Labute approximate surface area is 147 Å². The number of nitrogens with one attached hydrogen (secondary N) is 2. The van der Waals surface area contributed by atoms with Crippen molar-refractivity contribution < 1.29 is 22.7 Å². The zero-order chi connectivity index (χ0) is 17.9. The molecule has 2 heterocycles. The van der Waals surface area contributed by atoms with E-state index in [1.165, 1.54) is 11.4 Å². The normalized spacial score (nSPS) is 22.0. The molecule has 8 nitrogen and oxygen atoms in total. The number of carbonyl (C=O) groups is 1. The van der Waals surface area contributed by atoms with E-state index in [9.17, 15) is 13.2 Å². The van der Waals surface area contributed by atoms with Crippen LogP contribution in [-0.4, -0.2) is 53.1 Å². The van der Waals surface area contributed by atoms with E-state index in [0.717, 1.165) is 19.4 Å². The molecule has 0 saturated carbocycles. The molecule has 2 aliphatic heterocycles. The molecule has 2 saturated heterocycles. The topological polar surface area (TPSA) is 97.0 Å². The zero-order valence-corrected chi connectivity index (χ0v) is 15.0. The van der Waals surface area contributed by atoms with E-state index < -0.39 is 10.0 Å². The average molecular weight is 369 g/mol. The molecule has 2 aliphatic rings. The van der Waals surface area contributed by atoms with Gasteiger partial charge in [-0.05, 0) is 37.5 Å². The zero-order valence-electron chi connectivity index (χ0n) is 14.2. The standard InChI is InChI=1S/C16H23N3O5S/c1-23-15-6-5-12(19-7-3-9-25(19,21)22)10-14(15)18-16(20)17-11-13-4-2-8-24-13/h5-6,10,13H,2-4,7-9,11H2,1H3,(H2,17,18,20)/t13-/m1/s1. The van der Waals surface area contributed by atoms with Crippen LogP contribution in [0.15, 0.2) is 18.2 Å². The summed E-state index contributed by atoms with van der Waals surface area (Å²) in [5.41, 5.74) is 0.944. The second kappa shape index (κ2) is 7.49. The van der Waals surface area contributed by atoms with E-state index in [-0.39, 0.29) is 17.9 Å². The summed E-state index contributed by atoms with van der Waals surface area (Å²) in [4.78, 5) is 12.1. The van der Waals surface area contributed by atoms with Gasteiger partial charge in [0.1, 0.15) is 5.75 Å².